The number of rotatable bonds is 4. The van der Waals surface area contributed by atoms with Crippen LogP contribution in [0.2, 0.25) is 0 Å². The molecule has 2 aromatic heterocycles. The van der Waals surface area contributed by atoms with Crippen LogP contribution in [0.1, 0.15) is 48.4 Å². The molecule has 6 rings (SSSR count). The Bertz CT molecular complexity index is 1340. The molecule has 2 amide bonds. The number of aliphatic hydroxyl groups is 1. The smallest absolute Gasteiger partial charge is 0.320 e. The molecule has 3 N–H and O–H groups in total. The van der Waals surface area contributed by atoms with Gasteiger partial charge in [-0.25, -0.2) is 9.48 Å². The molecule has 0 unspecified atom stereocenters. The average molecular weight is 457 g/mol. The molecule has 0 bridgehead atoms. The Morgan fingerprint density at radius 1 is 1.24 bits per heavy atom. The first-order valence-corrected chi connectivity index (χ1v) is 11.8. The number of aliphatic hydroxyl groups excluding tert-OH is 1. The van der Waals surface area contributed by atoms with Gasteiger partial charge in [-0.15, -0.1) is 0 Å². The lowest BCUT2D eigenvalue weighted by Gasteiger charge is -2.21. The van der Waals surface area contributed by atoms with Gasteiger partial charge in [-0.3, -0.25) is 10.00 Å². The van der Waals surface area contributed by atoms with Crippen molar-refractivity contribution in [1.82, 2.24) is 24.9 Å². The second kappa shape index (κ2) is 7.70. The molecule has 2 atom stereocenters. The molecule has 2 heterocycles. The van der Waals surface area contributed by atoms with Crippen LogP contribution in [0.4, 0.5) is 10.6 Å². The maximum atomic E-state index is 13.3. The molecule has 1 fully saturated rings. The lowest BCUT2D eigenvalue weighted by atomic mass is 9.97. The molecule has 174 valence electrons. The number of aromatic nitrogens is 4. The molecular weight excluding hydrogens is 428 g/mol. The van der Waals surface area contributed by atoms with Gasteiger partial charge in [0.15, 0.2) is 0 Å². The van der Waals surface area contributed by atoms with Gasteiger partial charge in [-0.1, -0.05) is 36.4 Å². The Morgan fingerprint density at radius 3 is 2.76 bits per heavy atom. The van der Waals surface area contributed by atoms with Crippen molar-refractivity contribution in [3.63, 3.8) is 0 Å². The highest BCUT2D eigenvalue weighted by atomic mass is 16.3. The molecule has 1 spiro atoms. The minimum atomic E-state index is -0.628. The maximum Gasteiger partial charge on any atom is 0.320 e. The highest BCUT2D eigenvalue weighted by molar-refractivity contribution is 5.92. The molecule has 1 aromatic carbocycles. The number of hydrogen-bond acceptors (Lipinski definition) is 4. The predicted molar refractivity (Wildman–Crippen MR) is 130 cm³/mol. The fraction of sp³-hybridized carbons (Fsp3) is 0.346. The summed E-state index contributed by atoms with van der Waals surface area (Å²) in [6.45, 7) is 1.95. The molecule has 0 aliphatic heterocycles. The zero-order chi connectivity index (χ0) is 23.4. The topological polar surface area (TPSA) is 97.0 Å². The van der Waals surface area contributed by atoms with E-state index in [1.807, 2.05) is 44.4 Å². The van der Waals surface area contributed by atoms with Crippen molar-refractivity contribution in [2.24, 2.45) is 7.05 Å². The minimum absolute atomic E-state index is 0.211. The number of aryl methyl sites for hydroxylation is 1. The first-order chi connectivity index (χ1) is 16.5. The summed E-state index contributed by atoms with van der Waals surface area (Å²) in [7, 11) is 1.87. The van der Waals surface area contributed by atoms with E-state index in [1.54, 1.807) is 15.6 Å². The molecular formula is C26H28N6O2. The molecule has 1 saturated carbocycles. The third-order valence-electron chi connectivity index (χ3n) is 7.34. The summed E-state index contributed by atoms with van der Waals surface area (Å²) >= 11 is 0. The van der Waals surface area contributed by atoms with Crippen LogP contribution >= 0.6 is 0 Å². The van der Waals surface area contributed by atoms with Gasteiger partial charge >= 0.3 is 6.03 Å². The van der Waals surface area contributed by atoms with E-state index >= 15 is 0 Å². The number of amides is 2. The third kappa shape index (κ3) is 3.20. The summed E-state index contributed by atoms with van der Waals surface area (Å²) in [6.07, 6.45) is 13.1. The van der Waals surface area contributed by atoms with E-state index in [4.69, 9.17) is 5.10 Å². The Balaban J connectivity index is 1.32. The van der Waals surface area contributed by atoms with Crippen molar-refractivity contribution in [3.8, 4) is 11.3 Å². The standard InChI is InChI=1S/C26H28N6O2/c1-16-21(17-14-27-31(2)15-17)30-32(18-8-4-3-5-9-18)24(16)29-25(34)28-22-19-10-6-7-11-20(19)26(12-13-26)23(22)33/h4,6-11,14-15,22-23,33H,3,5,12-13H2,1-2H3,(H2,28,29,34)/t22-,23+/m1/s1. The van der Waals surface area contributed by atoms with E-state index in [2.05, 4.69) is 34.0 Å². The van der Waals surface area contributed by atoms with Crippen molar-refractivity contribution in [2.75, 3.05) is 5.32 Å². The largest absolute Gasteiger partial charge is 0.390 e. The maximum absolute atomic E-state index is 13.3. The number of fused-ring (bicyclic) bond motifs is 2. The minimum Gasteiger partial charge on any atom is -0.390 e. The quantitative estimate of drug-likeness (QED) is 0.552. The number of allylic oxidation sites excluding steroid dienone is 4. The summed E-state index contributed by atoms with van der Waals surface area (Å²) in [5.74, 6) is 0.607. The summed E-state index contributed by atoms with van der Waals surface area (Å²) in [4.78, 5) is 13.3. The summed E-state index contributed by atoms with van der Waals surface area (Å²) < 4.78 is 3.52. The van der Waals surface area contributed by atoms with Crippen LogP contribution in [0.5, 0.6) is 0 Å². The number of nitrogens with zero attached hydrogens (tertiary/aromatic N) is 4. The van der Waals surface area contributed by atoms with Crippen LogP contribution in [-0.2, 0) is 12.5 Å². The van der Waals surface area contributed by atoms with Gasteiger partial charge in [-0.2, -0.15) is 10.2 Å². The van der Waals surface area contributed by atoms with Crippen LogP contribution in [0, 0.1) is 6.92 Å². The van der Waals surface area contributed by atoms with Gasteiger partial charge in [0, 0.05) is 29.8 Å². The van der Waals surface area contributed by atoms with E-state index in [9.17, 15) is 9.90 Å². The number of benzene rings is 1. The van der Waals surface area contributed by atoms with Gasteiger partial charge in [-0.05, 0) is 49.8 Å². The molecule has 3 aromatic rings. The predicted octanol–water partition coefficient (Wildman–Crippen LogP) is 4.05. The van der Waals surface area contributed by atoms with E-state index in [1.165, 1.54) is 0 Å². The van der Waals surface area contributed by atoms with Crippen LogP contribution in [-0.4, -0.2) is 36.8 Å². The number of carbonyl (C=O) groups is 1. The Labute approximate surface area is 198 Å². The van der Waals surface area contributed by atoms with Gasteiger partial charge in [0.2, 0.25) is 0 Å². The summed E-state index contributed by atoms with van der Waals surface area (Å²) in [5, 5.41) is 26.3. The highest BCUT2D eigenvalue weighted by Gasteiger charge is 2.59. The zero-order valence-electron chi connectivity index (χ0n) is 19.3. The lowest BCUT2D eigenvalue weighted by Crippen LogP contribution is -2.39. The molecule has 8 heteroatoms. The van der Waals surface area contributed by atoms with Crippen molar-refractivity contribution in [2.45, 2.75) is 50.2 Å². The summed E-state index contributed by atoms with van der Waals surface area (Å²) in [6, 6.07) is 7.24. The molecule has 3 aliphatic carbocycles. The number of nitrogens with one attached hydrogen (secondary N) is 2. The van der Waals surface area contributed by atoms with Gasteiger partial charge < -0.3 is 10.4 Å². The van der Waals surface area contributed by atoms with Gasteiger partial charge in [0.05, 0.1) is 24.0 Å². The summed E-state index contributed by atoms with van der Waals surface area (Å²) in [5.41, 5.74) is 5.38. The fourth-order valence-electron chi connectivity index (χ4n) is 5.42. The monoisotopic (exact) mass is 456 g/mol. The average Bonchev–Trinajstić information content (AvgIpc) is 3.38. The molecule has 3 aliphatic rings. The van der Waals surface area contributed by atoms with E-state index < -0.39 is 12.1 Å². The van der Waals surface area contributed by atoms with E-state index in [0.29, 0.717) is 5.82 Å². The van der Waals surface area contributed by atoms with Crippen LogP contribution < -0.4 is 10.6 Å². The van der Waals surface area contributed by atoms with Crippen molar-refractivity contribution in [1.29, 1.82) is 0 Å². The molecule has 34 heavy (non-hydrogen) atoms. The first kappa shape index (κ1) is 20.9. The third-order valence-corrected chi connectivity index (χ3v) is 7.34. The SMILES string of the molecule is Cc1c(-c2cnn(C)c2)nn(C2=CCCC=C2)c1NC(=O)N[C@@H]1c2ccccc2C2(CC2)[C@H]1O. The molecule has 0 radical (unpaired) electrons. The first-order valence-electron chi connectivity index (χ1n) is 11.8. The normalized spacial score (nSPS) is 21.9. The van der Waals surface area contributed by atoms with E-state index in [0.717, 1.165) is 59.3 Å². The number of anilines is 1. The van der Waals surface area contributed by atoms with Crippen LogP contribution in [0.3, 0.4) is 0 Å². The van der Waals surface area contributed by atoms with Crippen LogP contribution in [0.15, 0.2) is 54.9 Å². The second-order valence-electron chi connectivity index (χ2n) is 9.51. The lowest BCUT2D eigenvalue weighted by molar-refractivity contribution is 0.109. The van der Waals surface area contributed by atoms with Crippen molar-refractivity contribution < 1.29 is 9.90 Å². The number of urea groups is 1. The van der Waals surface area contributed by atoms with Gasteiger partial charge in [0.1, 0.15) is 11.5 Å². The molecule has 0 saturated heterocycles. The Morgan fingerprint density at radius 2 is 2.06 bits per heavy atom. The molecule has 8 nitrogen and oxygen atoms in total. The second-order valence-corrected chi connectivity index (χ2v) is 9.51. The van der Waals surface area contributed by atoms with Crippen molar-refractivity contribution >= 4 is 17.5 Å². The number of hydrogen-bond donors (Lipinski definition) is 3. The van der Waals surface area contributed by atoms with E-state index in [-0.39, 0.29) is 11.4 Å². The Kier molecular flexibility index (Phi) is 4.74. The zero-order valence-corrected chi connectivity index (χ0v) is 19.3. The number of carbonyl (C=O) groups excluding carboxylic acids is 1. The highest BCUT2D eigenvalue weighted by Crippen LogP contribution is 2.59. The van der Waals surface area contributed by atoms with Crippen LogP contribution in [0.25, 0.3) is 17.0 Å². The van der Waals surface area contributed by atoms with Gasteiger partial charge in [0.25, 0.3) is 0 Å². The van der Waals surface area contributed by atoms with Crippen molar-refractivity contribution in [3.05, 3.63) is 71.6 Å². The fourth-order valence-corrected chi connectivity index (χ4v) is 5.42. The Hall–Kier alpha value is -3.65.